The summed E-state index contributed by atoms with van der Waals surface area (Å²) in [6, 6.07) is 5.96. The summed E-state index contributed by atoms with van der Waals surface area (Å²) in [5.41, 5.74) is 12.7. The fourth-order valence-electron chi connectivity index (χ4n) is 5.96. The number of carboxylic acids is 1. The summed E-state index contributed by atoms with van der Waals surface area (Å²) in [5, 5.41) is 44.9. The molecule has 2 aromatic rings. The second-order valence-electron chi connectivity index (χ2n) is 15.3. The number of carbonyl (C=O) groups excluding carboxylic acids is 6. The van der Waals surface area contributed by atoms with Crippen LogP contribution in [0.3, 0.4) is 0 Å². The third kappa shape index (κ3) is 17.4. The van der Waals surface area contributed by atoms with E-state index in [1.165, 1.54) is 19.1 Å². The second-order valence-corrected chi connectivity index (χ2v) is 15.3. The van der Waals surface area contributed by atoms with Crippen LogP contribution in [0.4, 0.5) is 0 Å². The number of amides is 6. The van der Waals surface area contributed by atoms with Crippen molar-refractivity contribution in [2.45, 2.75) is 115 Å². The first-order chi connectivity index (χ1) is 27.9. The summed E-state index contributed by atoms with van der Waals surface area (Å²) in [6.45, 7) is 7.82. The molecule has 0 aliphatic carbocycles. The van der Waals surface area contributed by atoms with Crippen molar-refractivity contribution >= 4 is 41.4 Å². The zero-order chi connectivity index (χ0) is 44.2. The predicted octanol–water partition coefficient (Wildman–Crippen LogP) is -0.659. The monoisotopic (exact) mass is 826 g/mol. The number of benzene rings is 2. The molecule has 0 unspecified atom stereocenters. The number of hydrogen-bond donors (Lipinski definition) is 11. The predicted molar refractivity (Wildman–Crippen MR) is 219 cm³/mol. The molecule has 13 N–H and O–H groups in total. The Labute approximate surface area is 345 Å². The summed E-state index contributed by atoms with van der Waals surface area (Å²) in [7, 11) is 0. The first-order valence-electron chi connectivity index (χ1n) is 19.8. The minimum absolute atomic E-state index is 0.00991. The number of unbranched alkanes of at least 4 members (excludes halogenated alkanes) is 1. The van der Waals surface area contributed by atoms with Crippen molar-refractivity contribution in [1.82, 2.24) is 31.9 Å². The molecule has 7 atom stereocenters. The number of nitrogens with two attached hydrogens (primary N) is 2. The molecule has 0 fully saturated rings. The Morgan fingerprint density at radius 3 is 1.63 bits per heavy atom. The molecule has 0 saturated heterocycles. The van der Waals surface area contributed by atoms with Gasteiger partial charge in [0, 0.05) is 12.8 Å². The average Bonchev–Trinajstić information content (AvgIpc) is 3.18. The maximum atomic E-state index is 13.9. The highest BCUT2D eigenvalue weighted by Gasteiger charge is 2.34. The van der Waals surface area contributed by atoms with Crippen molar-refractivity contribution in [2.75, 3.05) is 13.2 Å². The smallest absolute Gasteiger partial charge is 0.326 e. The fourth-order valence-corrected chi connectivity index (χ4v) is 5.96. The lowest BCUT2D eigenvalue weighted by molar-refractivity contribution is -0.142. The number of hydrogen-bond acceptors (Lipinski definition) is 11. The van der Waals surface area contributed by atoms with Crippen LogP contribution in [0.1, 0.15) is 71.4 Å². The van der Waals surface area contributed by atoms with Gasteiger partial charge in [-0.05, 0) is 74.2 Å². The number of carbonyl (C=O) groups is 7. The van der Waals surface area contributed by atoms with Gasteiger partial charge in [0.2, 0.25) is 35.4 Å². The third-order valence-electron chi connectivity index (χ3n) is 9.30. The maximum absolute atomic E-state index is 13.9. The highest BCUT2D eigenvalue weighted by atomic mass is 16.4. The topological polar surface area (TPSA) is 304 Å². The van der Waals surface area contributed by atoms with Crippen LogP contribution in [0, 0.1) is 11.8 Å². The molecule has 0 aromatic heterocycles. The number of nitrogens with one attached hydrogen (secondary N) is 6. The lowest BCUT2D eigenvalue weighted by atomic mass is 9.99. The Bertz CT molecular complexity index is 1690. The highest BCUT2D eigenvalue weighted by molar-refractivity contribution is 5.97. The van der Waals surface area contributed by atoms with E-state index in [4.69, 9.17) is 11.5 Å². The Hall–Kier alpha value is -5.59. The Morgan fingerprint density at radius 1 is 0.593 bits per heavy atom. The van der Waals surface area contributed by atoms with E-state index in [0.717, 1.165) is 0 Å². The summed E-state index contributed by atoms with van der Waals surface area (Å²) in [6.07, 6.45) is 1.13. The van der Waals surface area contributed by atoms with E-state index in [1.54, 1.807) is 56.3 Å². The molecule has 0 radical (unpaired) electrons. The van der Waals surface area contributed by atoms with Crippen LogP contribution in [0.5, 0.6) is 5.75 Å². The second kappa shape index (κ2) is 25.0. The van der Waals surface area contributed by atoms with Gasteiger partial charge in [0.25, 0.3) is 0 Å². The van der Waals surface area contributed by atoms with Crippen molar-refractivity contribution in [3.8, 4) is 5.75 Å². The fraction of sp³-hybridized carbons (Fsp3) is 0.537. The first kappa shape index (κ1) is 49.6. The minimum atomic E-state index is -1.56. The molecule has 2 aromatic carbocycles. The van der Waals surface area contributed by atoms with Gasteiger partial charge in [-0.15, -0.1) is 0 Å². The number of aliphatic carboxylic acids is 1. The van der Waals surface area contributed by atoms with Crippen LogP contribution in [0.15, 0.2) is 54.6 Å². The molecular weight excluding hydrogens is 764 g/mol. The number of aliphatic hydroxyl groups excluding tert-OH is 1. The molecule has 18 heteroatoms. The van der Waals surface area contributed by atoms with Crippen LogP contribution >= 0.6 is 0 Å². The van der Waals surface area contributed by atoms with Crippen molar-refractivity contribution in [2.24, 2.45) is 23.3 Å². The van der Waals surface area contributed by atoms with Crippen molar-refractivity contribution in [1.29, 1.82) is 0 Å². The van der Waals surface area contributed by atoms with Crippen LogP contribution < -0.4 is 43.4 Å². The van der Waals surface area contributed by atoms with Gasteiger partial charge in [0.15, 0.2) is 0 Å². The number of aromatic hydroxyl groups is 1. The standard InChI is InChI=1S/C41H62N8O10/c1-23(2)19-30(46-38(55)31(45-35(52)25(5)43)20-27-14-16-28(51)17-15-27)37(54)44-29(13-9-10-18-42)36(53)49-34(24(3)4)40(57)48-33(22-50)39(56)47-32(41(58)59)21-26-11-7-6-8-12-26/h6-8,11-12,14-17,23-25,29-34,50-51H,9-10,13,18-22,42-43H2,1-5H3,(H,44,54)(H,45,52)(H,46,55)(H,47,56)(H,48,57)(H,49,53)(H,58,59)/t25-,29-,30-,31-,32-,33-,34-/m0/s1. The molecule has 18 nitrogen and oxygen atoms in total. The molecule has 6 amide bonds. The van der Waals surface area contributed by atoms with Gasteiger partial charge in [-0.1, -0.05) is 70.2 Å². The van der Waals surface area contributed by atoms with E-state index in [1.807, 2.05) is 13.8 Å². The maximum Gasteiger partial charge on any atom is 0.326 e. The summed E-state index contributed by atoms with van der Waals surface area (Å²) in [4.78, 5) is 92.7. The molecule has 326 valence electrons. The number of phenolic OH excluding ortho intramolecular Hbond substituents is 1. The third-order valence-corrected chi connectivity index (χ3v) is 9.30. The summed E-state index contributed by atoms with van der Waals surface area (Å²) >= 11 is 0. The minimum Gasteiger partial charge on any atom is -0.508 e. The first-order valence-corrected chi connectivity index (χ1v) is 19.8. The molecule has 0 aliphatic heterocycles. The van der Waals surface area contributed by atoms with Crippen LogP contribution in [-0.2, 0) is 46.4 Å². The van der Waals surface area contributed by atoms with E-state index in [0.29, 0.717) is 30.5 Å². The normalized spacial score (nSPS) is 14.7. The van der Waals surface area contributed by atoms with Gasteiger partial charge in [-0.25, -0.2) is 4.79 Å². The van der Waals surface area contributed by atoms with E-state index in [9.17, 15) is 48.9 Å². The molecule has 0 saturated carbocycles. The zero-order valence-electron chi connectivity index (χ0n) is 34.4. The molecule has 0 aliphatic rings. The van der Waals surface area contributed by atoms with Gasteiger partial charge < -0.3 is 58.7 Å². The quantitative estimate of drug-likeness (QED) is 0.0557. The van der Waals surface area contributed by atoms with Crippen molar-refractivity contribution in [3.63, 3.8) is 0 Å². The Morgan fingerprint density at radius 2 is 1.08 bits per heavy atom. The van der Waals surface area contributed by atoms with E-state index < -0.39 is 96.2 Å². The summed E-state index contributed by atoms with van der Waals surface area (Å²) < 4.78 is 0. The van der Waals surface area contributed by atoms with E-state index in [2.05, 4.69) is 31.9 Å². The Kier molecular flexibility index (Phi) is 21.0. The lowest BCUT2D eigenvalue weighted by Gasteiger charge is -2.29. The number of rotatable bonds is 25. The van der Waals surface area contributed by atoms with E-state index >= 15 is 0 Å². The van der Waals surface area contributed by atoms with Crippen LogP contribution in [0.25, 0.3) is 0 Å². The van der Waals surface area contributed by atoms with Gasteiger partial charge in [-0.2, -0.15) is 0 Å². The lowest BCUT2D eigenvalue weighted by Crippen LogP contribution is -2.61. The van der Waals surface area contributed by atoms with Crippen LogP contribution in [-0.4, -0.2) is 112 Å². The molecule has 0 bridgehead atoms. The number of aliphatic hydroxyl groups is 1. The van der Waals surface area contributed by atoms with Gasteiger partial charge in [-0.3, -0.25) is 28.8 Å². The van der Waals surface area contributed by atoms with Crippen molar-refractivity contribution in [3.05, 3.63) is 65.7 Å². The zero-order valence-corrected chi connectivity index (χ0v) is 34.4. The SMILES string of the molecule is CC(C)C[C@H](NC(=O)[C@H](Cc1ccc(O)cc1)NC(=O)[C@H](C)N)C(=O)N[C@@H](CCCCN)C(=O)N[C@H](C(=O)N[C@@H](CO)C(=O)N[C@@H](Cc1ccccc1)C(=O)O)C(C)C. The molecular formula is C41H62N8O10. The van der Waals surface area contributed by atoms with Gasteiger partial charge in [0.05, 0.1) is 12.6 Å². The van der Waals surface area contributed by atoms with Gasteiger partial charge >= 0.3 is 5.97 Å². The Balaban J connectivity index is 2.27. The largest absolute Gasteiger partial charge is 0.508 e. The summed E-state index contributed by atoms with van der Waals surface area (Å²) in [5.74, 6) is -6.52. The van der Waals surface area contributed by atoms with E-state index in [-0.39, 0.29) is 37.4 Å². The highest BCUT2D eigenvalue weighted by Crippen LogP contribution is 2.14. The van der Waals surface area contributed by atoms with Crippen LogP contribution in [0.2, 0.25) is 0 Å². The number of carboxylic acid groups (broad SMARTS) is 1. The molecule has 59 heavy (non-hydrogen) atoms. The average molecular weight is 827 g/mol. The molecule has 0 spiro atoms. The number of phenols is 1. The van der Waals surface area contributed by atoms with Crippen molar-refractivity contribution < 1.29 is 48.9 Å². The molecule has 0 heterocycles. The molecule has 2 rings (SSSR count). The van der Waals surface area contributed by atoms with Gasteiger partial charge in [0.1, 0.15) is 42.0 Å².